The summed E-state index contributed by atoms with van der Waals surface area (Å²) in [5.74, 6) is 0.154. The summed E-state index contributed by atoms with van der Waals surface area (Å²) >= 11 is 0. The summed E-state index contributed by atoms with van der Waals surface area (Å²) in [6.07, 6.45) is -0.298. The molecule has 0 saturated heterocycles. The molecule has 4 nitrogen and oxygen atoms in total. The summed E-state index contributed by atoms with van der Waals surface area (Å²) in [5.41, 5.74) is 0.830. The second-order valence-corrected chi connectivity index (χ2v) is 3.36. The Balaban J connectivity index is 2.56. The number of alkyl halides is 1. The molecule has 0 bridgehead atoms. The average Bonchev–Trinajstić information content (AvgIpc) is 2.30. The van der Waals surface area contributed by atoms with E-state index < -0.39 is 18.8 Å². The Hall–Kier alpha value is -1.78. The number of nitrogens with one attached hydrogen (secondary N) is 1. The smallest absolute Gasteiger partial charge is 0.407 e. The summed E-state index contributed by atoms with van der Waals surface area (Å²) < 4.78 is 17.0. The van der Waals surface area contributed by atoms with Crippen molar-refractivity contribution >= 4 is 6.09 Å². The van der Waals surface area contributed by atoms with Crippen LogP contribution in [0.25, 0.3) is 0 Å². The standard InChI is InChI=1S/C11H14FNO3/c1-16-11(15)13-9(7-12)6-8-2-4-10(14)5-3-8/h2-5,9,14H,6-7H2,1H3,(H,13,15). The lowest BCUT2D eigenvalue weighted by Gasteiger charge is -2.14. The highest BCUT2D eigenvalue weighted by molar-refractivity contribution is 5.67. The Morgan fingerprint density at radius 2 is 2.12 bits per heavy atom. The van der Waals surface area contributed by atoms with Gasteiger partial charge in [0.05, 0.1) is 13.2 Å². The molecule has 88 valence electrons. The predicted molar refractivity (Wildman–Crippen MR) is 57.1 cm³/mol. The van der Waals surface area contributed by atoms with Gasteiger partial charge >= 0.3 is 6.09 Å². The van der Waals surface area contributed by atoms with Crippen molar-refractivity contribution in [2.45, 2.75) is 12.5 Å². The number of phenols is 1. The first-order chi connectivity index (χ1) is 7.65. The second-order valence-electron chi connectivity index (χ2n) is 3.36. The Kier molecular flexibility index (Phi) is 4.57. The monoisotopic (exact) mass is 227 g/mol. The van der Waals surface area contributed by atoms with Gasteiger partial charge in [0.15, 0.2) is 0 Å². The van der Waals surface area contributed by atoms with Crippen LogP contribution < -0.4 is 5.32 Å². The Morgan fingerprint density at radius 1 is 1.50 bits per heavy atom. The number of hydrogen-bond donors (Lipinski definition) is 2. The number of carbonyl (C=O) groups is 1. The van der Waals surface area contributed by atoms with E-state index >= 15 is 0 Å². The Labute approximate surface area is 93.0 Å². The van der Waals surface area contributed by atoms with Crippen LogP contribution in [0.15, 0.2) is 24.3 Å². The van der Waals surface area contributed by atoms with Crippen LogP contribution in [0.3, 0.4) is 0 Å². The van der Waals surface area contributed by atoms with Gasteiger partial charge in [-0.2, -0.15) is 0 Å². The number of alkyl carbamates (subject to hydrolysis) is 1. The summed E-state index contributed by atoms with van der Waals surface area (Å²) in [5, 5.41) is 11.4. The predicted octanol–water partition coefficient (Wildman–Crippen LogP) is 1.63. The summed E-state index contributed by atoms with van der Waals surface area (Å²) in [4.78, 5) is 10.9. The molecule has 0 saturated carbocycles. The zero-order valence-electron chi connectivity index (χ0n) is 8.94. The minimum atomic E-state index is -0.671. The van der Waals surface area contributed by atoms with E-state index in [4.69, 9.17) is 5.11 Å². The van der Waals surface area contributed by atoms with Gasteiger partial charge in [0.25, 0.3) is 0 Å². The first-order valence-corrected chi connectivity index (χ1v) is 4.84. The van der Waals surface area contributed by atoms with Gasteiger partial charge in [0.2, 0.25) is 0 Å². The Morgan fingerprint density at radius 3 is 2.62 bits per heavy atom. The van der Waals surface area contributed by atoms with E-state index in [1.807, 2.05) is 0 Å². The van der Waals surface area contributed by atoms with Gasteiger partial charge in [0, 0.05) is 0 Å². The fraction of sp³-hybridized carbons (Fsp3) is 0.364. The average molecular weight is 227 g/mol. The lowest BCUT2D eigenvalue weighted by molar-refractivity contribution is 0.164. The lowest BCUT2D eigenvalue weighted by atomic mass is 10.1. The van der Waals surface area contributed by atoms with Gasteiger partial charge in [-0.3, -0.25) is 0 Å². The molecule has 5 heteroatoms. The third-order valence-corrected chi connectivity index (χ3v) is 2.11. The zero-order chi connectivity index (χ0) is 12.0. The van der Waals surface area contributed by atoms with E-state index in [2.05, 4.69) is 10.1 Å². The number of benzene rings is 1. The van der Waals surface area contributed by atoms with Crippen molar-refractivity contribution in [2.75, 3.05) is 13.8 Å². The van der Waals surface area contributed by atoms with E-state index in [-0.39, 0.29) is 5.75 Å². The molecule has 0 aliphatic carbocycles. The minimum Gasteiger partial charge on any atom is -0.508 e. The maximum absolute atomic E-state index is 12.6. The van der Waals surface area contributed by atoms with Crippen LogP contribution in [-0.4, -0.2) is 31.0 Å². The van der Waals surface area contributed by atoms with Crippen LogP contribution in [0, 0.1) is 0 Å². The second kappa shape index (κ2) is 5.95. The summed E-state index contributed by atoms with van der Waals surface area (Å²) in [7, 11) is 1.23. The number of halogens is 1. The largest absolute Gasteiger partial charge is 0.508 e. The molecule has 1 aromatic carbocycles. The van der Waals surface area contributed by atoms with E-state index in [0.717, 1.165) is 5.56 Å². The lowest BCUT2D eigenvalue weighted by Crippen LogP contribution is -2.37. The maximum Gasteiger partial charge on any atom is 0.407 e. The molecule has 1 amide bonds. The van der Waals surface area contributed by atoms with Crippen molar-refractivity contribution in [3.63, 3.8) is 0 Å². The topological polar surface area (TPSA) is 58.6 Å². The summed E-state index contributed by atoms with van der Waals surface area (Å²) in [6.45, 7) is -0.671. The highest BCUT2D eigenvalue weighted by Crippen LogP contribution is 2.11. The molecule has 0 radical (unpaired) electrons. The van der Waals surface area contributed by atoms with Crippen LogP contribution >= 0.6 is 0 Å². The maximum atomic E-state index is 12.6. The molecule has 0 fully saturated rings. The Bertz CT molecular complexity index is 340. The van der Waals surface area contributed by atoms with E-state index in [9.17, 15) is 9.18 Å². The highest BCUT2D eigenvalue weighted by Gasteiger charge is 2.12. The van der Waals surface area contributed by atoms with Crippen molar-refractivity contribution in [3.8, 4) is 5.75 Å². The molecular formula is C11H14FNO3. The number of aromatic hydroxyl groups is 1. The van der Waals surface area contributed by atoms with E-state index in [1.165, 1.54) is 19.2 Å². The van der Waals surface area contributed by atoms with E-state index in [0.29, 0.717) is 6.42 Å². The van der Waals surface area contributed by atoms with Gasteiger partial charge in [-0.15, -0.1) is 0 Å². The first kappa shape index (κ1) is 12.3. The van der Waals surface area contributed by atoms with Gasteiger partial charge < -0.3 is 15.2 Å². The normalized spacial score (nSPS) is 11.9. The molecule has 0 heterocycles. The number of phenolic OH excluding ortho intramolecular Hbond substituents is 1. The molecule has 1 aromatic rings. The van der Waals surface area contributed by atoms with Crippen LogP contribution in [-0.2, 0) is 11.2 Å². The van der Waals surface area contributed by atoms with Gasteiger partial charge in [0.1, 0.15) is 12.4 Å². The SMILES string of the molecule is COC(=O)NC(CF)Cc1ccc(O)cc1. The van der Waals surface area contributed by atoms with Gasteiger partial charge in [-0.1, -0.05) is 12.1 Å². The van der Waals surface area contributed by atoms with Crippen LogP contribution in [0.2, 0.25) is 0 Å². The van der Waals surface area contributed by atoms with Crippen molar-refractivity contribution in [1.82, 2.24) is 5.32 Å². The molecule has 1 rings (SSSR count). The van der Waals surface area contributed by atoms with Crippen LogP contribution in [0.5, 0.6) is 5.75 Å². The third-order valence-electron chi connectivity index (χ3n) is 2.11. The van der Waals surface area contributed by atoms with E-state index in [1.54, 1.807) is 12.1 Å². The minimum absolute atomic E-state index is 0.154. The van der Waals surface area contributed by atoms with Gasteiger partial charge in [-0.05, 0) is 24.1 Å². The summed E-state index contributed by atoms with van der Waals surface area (Å²) in [6, 6.07) is 5.77. The number of rotatable bonds is 4. The van der Waals surface area contributed by atoms with Gasteiger partial charge in [-0.25, -0.2) is 9.18 Å². The van der Waals surface area contributed by atoms with Crippen molar-refractivity contribution in [2.24, 2.45) is 0 Å². The zero-order valence-corrected chi connectivity index (χ0v) is 8.94. The number of carbonyl (C=O) groups excluding carboxylic acids is 1. The number of methoxy groups -OCH3 is 1. The van der Waals surface area contributed by atoms with Crippen LogP contribution in [0.1, 0.15) is 5.56 Å². The van der Waals surface area contributed by atoms with Crippen molar-refractivity contribution < 1.29 is 19.0 Å². The quantitative estimate of drug-likeness (QED) is 0.821. The van der Waals surface area contributed by atoms with Crippen LogP contribution in [0.4, 0.5) is 9.18 Å². The number of amides is 1. The molecular weight excluding hydrogens is 213 g/mol. The number of ether oxygens (including phenoxy) is 1. The molecule has 2 N–H and O–H groups in total. The number of hydrogen-bond acceptors (Lipinski definition) is 3. The molecule has 0 aliphatic rings. The first-order valence-electron chi connectivity index (χ1n) is 4.84. The highest BCUT2D eigenvalue weighted by atomic mass is 19.1. The fourth-order valence-corrected chi connectivity index (χ4v) is 1.29. The van der Waals surface area contributed by atoms with Crippen molar-refractivity contribution in [1.29, 1.82) is 0 Å². The fourth-order valence-electron chi connectivity index (χ4n) is 1.29. The molecule has 0 aromatic heterocycles. The molecule has 1 unspecified atom stereocenters. The molecule has 0 aliphatic heterocycles. The molecule has 16 heavy (non-hydrogen) atoms. The molecule has 1 atom stereocenters. The molecule has 0 spiro atoms. The third kappa shape index (κ3) is 3.76. The van der Waals surface area contributed by atoms with Crippen molar-refractivity contribution in [3.05, 3.63) is 29.8 Å².